The van der Waals surface area contributed by atoms with Crippen molar-refractivity contribution in [3.05, 3.63) is 16.5 Å². The van der Waals surface area contributed by atoms with E-state index < -0.39 is 0 Å². The molecule has 17 heavy (non-hydrogen) atoms. The SMILES string of the molecule is CN1CCOC(CNc2nc(Cl)ncc2Cl)C1. The lowest BCUT2D eigenvalue weighted by Crippen LogP contribution is -2.43. The summed E-state index contributed by atoms with van der Waals surface area (Å²) >= 11 is 11.6. The van der Waals surface area contributed by atoms with Crippen molar-refractivity contribution in [2.75, 3.05) is 38.6 Å². The second kappa shape index (κ2) is 5.82. The molecule has 1 N–H and O–H groups in total. The Balaban J connectivity index is 1.90. The van der Waals surface area contributed by atoms with Crippen LogP contribution in [-0.4, -0.2) is 54.3 Å². The van der Waals surface area contributed by atoms with Crippen LogP contribution in [0.15, 0.2) is 6.20 Å². The van der Waals surface area contributed by atoms with E-state index >= 15 is 0 Å². The van der Waals surface area contributed by atoms with E-state index in [0.717, 1.165) is 19.7 Å². The van der Waals surface area contributed by atoms with Gasteiger partial charge in [0.15, 0.2) is 0 Å². The van der Waals surface area contributed by atoms with Crippen molar-refractivity contribution >= 4 is 29.0 Å². The number of anilines is 1. The molecule has 2 heterocycles. The van der Waals surface area contributed by atoms with E-state index in [1.54, 1.807) is 0 Å². The molecule has 1 fully saturated rings. The number of hydrogen-bond donors (Lipinski definition) is 1. The molecule has 1 saturated heterocycles. The number of hydrogen-bond acceptors (Lipinski definition) is 5. The smallest absolute Gasteiger partial charge is 0.224 e. The zero-order chi connectivity index (χ0) is 12.3. The van der Waals surface area contributed by atoms with E-state index in [-0.39, 0.29) is 11.4 Å². The van der Waals surface area contributed by atoms with Crippen LogP contribution in [0.2, 0.25) is 10.3 Å². The number of nitrogens with zero attached hydrogens (tertiary/aromatic N) is 3. The van der Waals surface area contributed by atoms with Crippen molar-refractivity contribution in [1.29, 1.82) is 0 Å². The molecule has 0 saturated carbocycles. The summed E-state index contributed by atoms with van der Waals surface area (Å²) in [4.78, 5) is 10.0. The Morgan fingerprint density at radius 3 is 3.18 bits per heavy atom. The highest BCUT2D eigenvalue weighted by molar-refractivity contribution is 6.33. The first-order chi connectivity index (χ1) is 8.15. The molecular weight excluding hydrogens is 263 g/mol. The van der Waals surface area contributed by atoms with Crippen molar-refractivity contribution in [3.8, 4) is 0 Å². The van der Waals surface area contributed by atoms with Crippen molar-refractivity contribution in [1.82, 2.24) is 14.9 Å². The van der Waals surface area contributed by atoms with Gasteiger partial charge < -0.3 is 15.0 Å². The largest absolute Gasteiger partial charge is 0.374 e. The molecule has 1 aromatic rings. The van der Waals surface area contributed by atoms with Gasteiger partial charge in [0.25, 0.3) is 0 Å². The number of aromatic nitrogens is 2. The molecule has 0 spiro atoms. The second-order valence-corrected chi connectivity index (χ2v) is 4.72. The molecule has 1 aromatic heterocycles. The predicted octanol–water partition coefficient (Wildman–Crippen LogP) is 1.53. The van der Waals surface area contributed by atoms with Gasteiger partial charge in [-0.2, -0.15) is 4.98 Å². The van der Waals surface area contributed by atoms with Crippen LogP contribution < -0.4 is 5.32 Å². The maximum atomic E-state index is 5.95. The lowest BCUT2D eigenvalue weighted by molar-refractivity contribution is -0.0117. The summed E-state index contributed by atoms with van der Waals surface area (Å²) in [5, 5.41) is 3.76. The third kappa shape index (κ3) is 3.67. The highest BCUT2D eigenvalue weighted by atomic mass is 35.5. The molecule has 1 atom stereocenters. The molecule has 0 bridgehead atoms. The molecule has 7 heteroatoms. The van der Waals surface area contributed by atoms with E-state index in [4.69, 9.17) is 27.9 Å². The van der Waals surface area contributed by atoms with Crippen molar-refractivity contribution in [2.24, 2.45) is 0 Å². The molecular formula is C10H14Cl2N4O. The van der Waals surface area contributed by atoms with Gasteiger partial charge in [0.2, 0.25) is 5.28 Å². The Bertz CT molecular complexity index is 391. The minimum Gasteiger partial charge on any atom is -0.374 e. The van der Waals surface area contributed by atoms with Crippen LogP contribution in [0.1, 0.15) is 0 Å². The van der Waals surface area contributed by atoms with Gasteiger partial charge in [-0.25, -0.2) is 4.98 Å². The summed E-state index contributed by atoms with van der Waals surface area (Å²) in [6, 6.07) is 0. The average Bonchev–Trinajstić information content (AvgIpc) is 2.30. The lowest BCUT2D eigenvalue weighted by atomic mass is 10.3. The summed E-state index contributed by atoms with van der Waals surface area (Å²) in [5.41, 5.74) is 0. The summed E-state index contributed by atoms with van der Waals surface area (Å²) in [6.45, 7) is 3.26. The second-order valence-electron chi connectivity index (χ2n) is 3.97. The predicted molar refractivity (Wildman–Crippen MR) is 67.8 cm³/mol. The fraction of sp³-hybridized carbons (Fsp3) is 0.600. The molecule has 2 rings (SSSR count). The number of ether oxygens (including phenoxy) is 1. The Kier molecular flexibility index (Phi) is 4.39. The molecule has 1 unspecified atom stereocenters. The van der Waals surface area contributed by atoms with Crippen LogP contribution in [0.3, 0.4) is 0 Å². The summed E-state index contributed by atoms with van der Waals surface area (Å²) in [6.07, 6.45) is 1.62. The Hall–Kier alpha value is -0.620. The molecule has 0 amide bonds. The highest BCUT2D eigenvalue weighted by Crippen LogP contribution is 2.19. The van der Waals surface area contributed by atoms with Crippen LogP contribution >= 0.6 is 23.2 Å². The van der Waals surface area contributed by atoms with Crippen LogP contribution in [0.5, 0.6) is 0 Å². The van der Waals surface area contributed by atoms with Gasteiger partial charge in [-0.15, -0.1) is 0 Å². The van der Waals surface area contributed by atoms with Crippen molar-refractivity contribution < 1.29 is 4.74 Å². The minimum absolute atomic E-state index is 0.138. The van der Waals surface area contributed by atoms with Crippen molar-refractivity contribution in [2.45, 2.75) is 6.10 Å². The van der Waals surface area contributed by atoms with Gasteiger partial charge in [0.1, 0.15) is 10.8 Å². The first-order valence-corrected chi connectivity index (χ1v) is 6.13. The molecule has 1 aliphatic heterocycles. The fourth-order valence-electron chi connectivity index (χ4n) is 1.67. The highest BCUT2D eigenvalue weighted by Gasteiger charge is 2.17. The van der Waals surface area contributed by atoms with E-state index in [1.807, 2.05) is 0 Å². The molecule has 5 nitrogen and oxygen atoms in total. The first-order valence-electron chi connectivity index (χ1n) is 5.37. The third-order valence-corrected chi connectivity index (χ3v) is 3.01. The van der Waals surface area contributed by atoms with Crippen LogP contribution in [0.4, 0.5) is 5.82 Å². The fourth-order valence-corrected chi connectivity index (χ4v) is 1.96. The normalized spacial score (nSPS) is 21.5. The maximum absolute atomic E-state index is 5.95. The van der Waals surface area contributed by atoms with Gasteiger partial charge >= 0.3 is 0 Å². The minimum atomic E-state index is 0.138. The standard InChI is InChI=1S/C10H14Cl2N4O/c1-16-2-3-17-7(6-16)4-13-9-8(11)5-14-10(12)15-9/h5,7H,2-4,6H2,1H3,(H,13,14,15). The van der Waals surface area contributed by atoms with Gasteiger partial charge in [0, 0.05) is 19.6 Å². The summed E-state index contributed by atoms with van der Waals surface area (Å²) in [7, 11) is 2.07. The topological polar surface area (TPSA) is 50.3 Å². The summed E-state index contributed by atoms with van der Waals surface area (Å²) < 4.78 is 5.62. The number of nitrogens with one attached hydrogen (secondary N) is 1. The Morgan fingerprint density at radius 2 is 2.41 bits per heavy atom. The molecule has 1 aliphatic rings. The van der Waals surface area contributed by atoms with E-state index in [2.05, 4.69) is 27.2 Å². The third-order valence-electron chi connectivity index (χ3n) is 2.55. The van der Waals surface area contributed by atoms with Gasteiger partial charge in [-0.1, -0.05) is 11.6 Å². The first kappa shape index (κ1) is 12.8. The lowest BCUT2D eigenvalue weighted by Gasteiger charge is -2.30. The molecule has 94 valence electrons. The zero-order valence-corrected chi connectivity index (χ0v) is 11.0. The van der Waals surface area contributed by atoms with Crippen LogP contribution in [0.25, 0.3) is 0 Å². The number of likely N-dealkylation sites (N-methyl/N-ethyl adjacent to an activating group) is 1. The molecule has 0 radical (unpaired) electrons. The van der Waals surface area contributed by atoms with Gasteiger partial charge in [-0.3, -0.25) is 0 Å². The maximum Gasteiger partial charge on any atom is 0.224 e. The van der Waals surface area contributed by atoms with E-state index in [1.165, 1.54) is 6.20 Å². The number of halogens is 2. The van der Waals surface area contributed by atoms with Gasteiger partial charge in [0.05, 0.1) is 18.9 Å². The molecule has 0 aliphatic carbocycles. The van der Waals surface area contributed by atoms with Crippen molar-refractivity contribution in [3.63, 3.8) is 0 Å². The zero-order valence-electron chi connectivity index (χ0n) is 9.49. The Morgan fingerprint density at radius 1 is 1.59 bits per heavy atom. The van der Waals surface area contributed by atoms with Gasteiger partial charge in [-0.05, 0) is 18.6 Å². The Labute approximate surface area is 110 Å². The number of rotatable bonds is 3. The number of morpholine rings is 1. The van der Waals surface area contributed by atoms with Crippen LogP contribution in [-0.2, 0) is 4.74 Å². The average molecular weight is 277 g/mol. The quantitative estimate of drug-likeness (QED) is 0.849. The van der Waals surface area contributed by atoms with E-state index in [0.29, 0.717) is 17.4 Å². The summed E-state index contributed by atoms with van der Waals surface area (Å²) in [5.74, 6) is 0.545. The van der Waals surface area contributed by atoms with Crippen LogP contribution in [0, 0.1) is 0 Å². The van der Waals surface area contributed by atoms with E-state index in [9.17, 15) is 0 Å². The molecule has 0 aromatic carbocycles. The monoisotopic (exact) mass is 276 g/mol.